The molecule has 1 aliphatic heterocycles. The molecule has 0 radical (unpaired) electrons. The van der Waals surface area contributed by atoms with Crippen LogP contribution in [0.3, 0.4) is 0 Å². The van der Waals surface area contributed by atoms with Crippen LogP contribution >= 0.6 is 0 Å². The number of H-pyrrole nitrogens is 1. The predicted molar refractivity (Wildman–Crippen MR) is 72.4 cm³/mol. The van der Waals surface area contributed by atoms with Crippen molar-refractivity contribution < 1.29 is 0 Å². The number of piperidine rings is 1. The van der Waals surface area contributed by atoms with Gasteiger partial charge in [0.1, 0.15) is 0 Å². The van der Waals surface area contributed by atoms with Crippen molar-refractivity contribution in [2.24, 2.45) is 0 Å². The van der Waals surface area contributed by atoms with Gasteiger partial charge in [-0.15, -0.1) is 0 Å². The predicted octanol–water partition coefficient (Wildman–Crippen LogP) is 2.62. The highest BCUT2D eigenvalue weighted by Crippen LogP contribution is 2.34. The fourth-order valence-electron chi connectivity index (χ4n) is 2.86. The lowest BCUT2D eigenvalue weighted by atomic mass is 9.77. The molecule has 2 heterocycles. The lowest BCUT2D eigenvalue weighted by Gasteiger charge is -2.30. The first-order chi connectivity index (χ1) is 8.75. The van der Waals surface area contributed by atoms with Crippen LogP contribution in [-0.4, -0.2) is 18.1 Å². The molecule has 0 saturated carbocycles. The van der Waals surface area contributed by atoms with Gasteiger partial charge in [0.15, 0.2) is 0 Å². The number of nitrogens with one attached hydrogen (secondary N) is 2. The second kappa shape index (κ2) is 4.15. The zero-order valence-electron chi connectivity index (χ0n) is 10.6. The molecular weight excluding hydrogens is 222 g/mol. The second-order valence-corrected chi connectivity index (χ2v) is 5.17. The molecule has 3 heteroatoms. The van der Waals surface area contributed by atoms with E-state index in [-0.39, 0.29) is 5.41 Å². The van der Waals surface area contributed by atoms with Crippen molar-refractivity contribution >= 4 is 10.9 Å². The Bertz CT molecular complexity index is 612. The molecule has 2 N–H and O–H groups in total. The van der Waals surface area contributed by atoms with Crippen LogP contribution in [-0.2, 0) is 5.41 Å². The highest BCUT2D eigenvalue weighted by Gasteiger charge is 2.35. The lowest BCUT2D eigenvalue weighted by molar-refractivity contribution is 0.376. The van der Waals surface area contributed by atoms with E-state index in [0.717, 1.165) is 31.6 Å². The van der Waals surface area contributed by atoms with Crippen molar-refractivity contribution in [2.45, 2.75) is 25.2 Å². The van der Waals surface area contributed by atoms with E-state index in [4.69, 9.17) is 0 Å². The number of nitrogens with zero attached hydrogens (tertiary/aromatic N) is 1. The maximum absolute atomic E-state index is 9.59. The topological polar surface area (TPSA) is 51.6 Å². The summed E-state index contributed by atoms with van der Waals surface area (Å²) in [7, 11) is 0. The Hall–Kier alpha value is -1.79. The number of hydrogen-bond acceptors (Lipinski definition) is 2. The molecule has 1 aromatic carbocycles. The van der Waals surface area contributed by atoms with Gasteiger partial charge in [0.25, 0.3) is 0 Å². The standard InChI is InChI=1S/C15H17N3/c1-11-3-2-4-12-9-13(18-14(11)12)15(10-16)5-7-17-8-6-15/h2-4,9,17-18H,5-8H2,1H3. The molecule has 2 aromatic rings. The molecule has 1 saturated heterocycles. The fraction of sp³-hybridized carbons (Fsp3) is 0.400. The first-order valence-electron chi connectivity index (χ1n) is 6.46. The van der Waals surface area contributed by atoms with Crippen LogP contribution in [0.5, 0.6) is 0 Å². The van der Waals surface area contributed by atoms with Crippen LogP contribution in [0.2, 0.25) is 0 Å². The van der Waals surface area contributed by atoms with E-state index in [1.807, 2.05) is 0 Å². The molecule has 1 aromatic heterocycles. The molecule has 3 rings (SSSR count). The molecule has 1 aliphatic rings. The third-order valence-electron chi connectivity index (χ3n) is 4.05. The number of hydrogen-bond donors (Lipinski definition) is 2. The zero-order chi connectivity index (χ0) is 12.6. The Balaban J connectivity index is 2.13. The molecule has 92 valence electrons. The Morgan fingerprint density at radius 2 is 2.06 bits per heavy atom. The molecule has 0 amide bonds. The number of para-hydroxylation sites is 1. The summed E-state index contributed by atoms with van der Waals surface area (Å²) in [5, 5.41) is 14.1. The maximum atomic E-state index is 9.59. The Labute approximate surface area is 107 Å². The molecule has 0 unspecified atom stereocenters. The Morgan fingerprint density at radius 1 is 1.28 bits per heavy atom. The molecule has 3 nitrogen and oxygen atoms in total. The first-order valence-corrected chi connectivity index (χ1v) is 6.46. The van der Waals surface area contributed by atoms with Crippen LogP contribution in [0.4, 0.5) is 0 Å². The fourth-order valence-corrected chi connectivity index (χ4v) is 2.86. The Kier molecular flexibility index (Phi) is 2.61. The number of nitriles is 1. The molecule has 0 atom stereocenters. The van der Waals surface area contributed by atoms with E-state index in [0.29, 0.717) is 0 Å². The van der Waals surface area contributed by atoms with Crippen molar-refractivity contribution in [1.29, 1.82) is 5.26 Å². The van der Waals surface area contributed by atoms with Crippen LogP contribution < -0.4 is 5.32 Å². The van der Waals surface area contributed by atoms with Crippen LogP contribution in [0.15, 0.2) is 24.3 Å². The van der Waals surface area contributed by atoms with Crippen molar-refractivity contribution in [3.05, 3.63) is 35.5 Å². The Morgan fingerprint density at radius 3 is 2.72 bits per heavy atom. The van der Waals surface area contributed by atoms with E-state index < -0.39 is 0 Å². The van der Waals surface area contributed by atoms with Crippen molar-refractivity contribution in [1.82, 2.24) is 10.3 Å². The van der Waals surface area contributed by atoms with Gasteiger partial charge in [-0.2, -0.15) is 5.26 Å². The quantitative estimate of drug-likeness (QED) is 0.803. The van der Waals surface area contributed by atoms with Gasteiger partial charge in [0.05, 0.1) is 11.5 Å². The number of fused-ring (bicyclic) bond motifs is 1. The van der Waals surface area contributed by atoms with Gasteiger partial charge in [-0.3, -0.25) is 0 Å². The van der Waals surface area contributed by atoms with E-state index in [1.54, 1.807) is 0 Å². The van der Waals surface area contributed by atoms with Crippen LogP contribution in [0, 0.1) is 18.3 Å². The minimum Gasteiger partial charge on any atom is -0.357 e. The van der Waals surface area contributed by atoms with Crippen LogP contribution in [0.1, 0.15) is 24.1 Å². The molecule has 0 bridgehead atoms. The summed E-state index contributed by atoms with van der Waals surface area (Å²) in [5.74, 6) is 0. The summed E-state index contributed by atoms with van der Waals surface area (Å²) in [6.45, 7) is 3.94. The third-order valence-corrected chi connectivity index (χ3v) is 4.05. The van der Waals surface area contributed by atoms with Gasteiger partial charge in [-0.05, 0) is 49.9 Å². The zero-order valence-corrected chi connectivity index (χ0v) is 10.6. The van der Waals surface area contributed by atoms with Crippen molar-refractivity contribution in [3.63, 3.8) is 0 Å². The van der Waals surface area contributed by atoms with Gasteiger partial charge in [-0.25, -0.2) is 0 Å². The highest BCUT2D eigenvalue weighted by atomic mass is 14.9. The molecular formula is C15H17N3. The number of aryl methyl sites for hydroxylation is 1. The van der Waals surface area contributed by atoms with E-state index in [1.165, 1.54) is 16.5 Å². The average molecular weight is 239 g/mol. The largest absolute Gasteiger partial charge is 0.357 e. The maximum Gasteiger partial charge on any atom is 0.0995 e. The van der Waals surface area contributed by atoms with Crippen molar-refractivity contribution in [2.75, 3.05) is 13.1 Å². The summed E-state index contributed by atoms with van der Waals surface area (Å²) in [5.41, 5.74) is 3.15. The lowest BCUT2D eigenvalue weighted by Crippen LogP contribution is -2.39. The number of benzene rings is 1. The SMILES string of the molecule is Cc1cccc2cc(C3(C#N)CCNCC3)[nH]c12. The number of rotatable bonds is 1. The summed E-state index contributed by atoms with van der Waals surface area (Å²) >= 11 is 0. The van der Waals surface area contributed by atoms with E-state index >= 15 is 0 Å². The first kappa shape index (κ1) is 11.3. The number of aromatic amines is 1. The average Bonchev–Trinajstić information content (AvgIpc) is 2.85. The van der Waals surface area contributed by atoms with Crippen molar-refractivity contribution in [3.8, 4) is 6.07 Å². The van der Waals surface area contributed by atoms with E-state index in [2.05, 4.69) is 47.6 Å². The monoisotopic (exact) mass is 239 g/mol. The van der Waals surface area contributed by atoms with Gasteiger partial charge >= 0.3 is 0 Å². The minimum absolute atomic E-state index is 0.337. The second-order valence-electron chi connectivity index (χ2n) is 5.17. The van der Waals surface area contributed by atoms with Gasteiger partial charge in [0, 0.05) is 11.2 Å². The highest BCUT2D eigenvalue weighted by molar-refractivity contribution is 5.83. The van der Waals surface area contributed by atoms with Gasteiger partial charge in [-0.1, -0.05) is 18.2 Å². The summed E-state index contributed by atoms with van der Waals surface area (Å²) < 4.78 is 0. The smallest absolute Gasteiger partial charge is 0.0995 e. The summed E-state index contributed by atoms with van der Waals surface area (Å²) in [4.78, 5) is 3.48. The van der Waals surface area contributed by atoms with Gasteiger partial charge < -0.3 is 10.3 Å². The molecule has 0 spiro atoms. The number of aromatic nitrogens is 1. The minimum atomic E-state index is -0.337. The third kappa shape index (κ3) is 1.61. The molecule has 1 fully saturated rings. The molecule has 18 heavy (non-hydrogen) atoms. The van der Waals surface area contributed by atoms with Gasteiger partial charge in [0.2, 0.25) is 0 Å². The van der Waals surface area contributed by atoms with E-state index in [9.17, 15) is 5.26 Å². The normalized spacial score (nSPS) is 18.7. The van der Waals surface area contributed by atoms with Crippen LogP contribution in [0.25, 0.3) is 10.9 Å². The summed E-state index contributed by atoms with van der Waals surface area (Å²) in [6, 6.07) is 11.0. The summed E-state index contributed by atoms with van der Waals surface area (Å²) in [6.07, 6.45) is 1.77. The molecule has 0 aliphatic carbocycles.